The van der Waals surface area contributed by atoms with Crippen molar-refractivity contribution in [1.82, 2.24) is 15.1 Å². The van der Waals surface area contributed by atoms with Gasteiger partial charge in [0.15, 0.2) is 5.78 Å². The Bertz CT molecular complexity index is 1400. The minimum Gasteiger partial charge on any atom is -0.481 e. The van der Waals surface area contributed by atoms with Crippen LogP contribution in [0.5, 0.6) is 0 Å². The van der Waals surface area contributed by atoms with Crippen molar-refractivity contribution in [3.05, 3.63) is 35.9 Å². The number of carboxylic acids is 1. The van der Waals surface area contributed by atoms with Crippen molar-refractivity contribution in [3.63, 3.8) is 0 Å². The van der Waals surface area contributed by atoms with E-state index in [1.54, 1.807) is 37.7 Å². The van der Waals surface area contributed by atoms with Crippen LogP contribution >= 0.6 is 0 Å². The molecule has 54 heavy (non-hydrogen) atoms. The maximum Gasteiger partial charge on any atom is 0.307 e. The minimum atomic E-state index is -1.51. The number of hydrogen-bond donors (Lipinski definition) is 3. The first-order valence-corrected chi connectivity index (χ1v) is 19.6. The smallest absolute Gasteiger partial charge is 0.307 e. The Hall–Kier alpha value is -3.19. The third-order valence-corrected chi connectivity index (χ3v) is 12.3. The largest absolute Gasteiger partial charge is 0.481 e. The molecule has 0 aliphatic carbocycles. The molecule has 3 N–H and O–H groups in total. The molecule has 0 spiro atoms. The van der Waals surface area contributed by atoms with Crippen LogP contribution in [-0.4, -0.2) is 120 Å². The van der Waals surface area contributed by atoms with Crippen molar-refractivity contribution in [2.24, 2.45) is 29.6 Å². The molecule has 12 nitrogen and oxygen atoms in total. The van der Waals surface area contributed by atoms with Crippen molar-refractivity contribution in [2.75, 3.05) is 34.9 Å². The number of carboxylic acid groups (broad SMARTS) is 1. The predicted molar refractivity (Wildman–Crippen MR) is 209 cm³/mol. The van der Waals surface area contributed by atoms with E-state index >= 15 is 0 Å². The van der Waals surface area contributed by atoms with E-state index in [1.807, 2.05) is 58.0 Å². The molecule has 1 unspecified atom stereocenters. The predicted octanol–water partition coefficient (Wildman–Crippen LogP) is 4.79. The summed E-state index contributed by atoms with van der Waals surface area (Å²) in [6.45, 7) is 14.9. The highest BCUT2D eigenvalue weighted by Crippen LogP contribution is 2.33. The maximum absolute atomic E-state index is 14.3. The van der Waals surface area contributed by atoms with E-state index in [0.29, 0.717) is 25.8 Å². The van der Waals surface area contributed by atoms with Crippen molar-refractivity contribution in [3.8, 4) is 0 Å². The Morgan fingerprint density at radius 3 is 2.07 bits per heavy atom. The molecule has 1 aromatic rings. The molecule has 1 heterocycles. The van der Waals surface area contributed by atoms with Crippen LogP contribution < -0.4 is 5.32 Å². The molecule has 0 aromatic heterocycles. The number of ketones is 2. The summed E-state index contributed by atoms with van der Waals surface area (Å²) in [6, 6.07) is 8.24. The van der Waals surface area contributed by atoms with Crippen molar-refractivity contribution in [2.45, 2.75) is 136 Å². The number of aliphatic carboxylic acids is 1. The van der Waals surface area contributed by atoms with Crippen LogP contribution in [0.25, 0.3) is 0 Å². The zero-order chi connectivity index (χ0) is 41.1. The summed E-state index contributed by atoms with van der Waals surface area (Å²) in [4.78, 5) is 71.2. The number of Topliss-reactive ketones (excluding diaryl/α,β-unsaturated/α-hetero) is 2. The number of hydrogen-bond acceptors (Lipinski definition) is 9. The first kappa shape index (κ1) is 47.0. The number of amides is 2. The minimum absolute atomic E-state index is 0.0478. The van der Waals surface area contributed by atoms with E-state index in [4.69, 9.17) is 9.47 Å². The first-order valence-electron chi connectivity index (χ1n) is 19.6. The lowest BCUT2D eigenvalue weighted by Gasteiger charge is -2.42. The third-order valence-electron chi connectivity index (χ3n) is 12.3. The molecule has 1 saturated heterocycles. The summed E-state index contributed by atoms with van der Waals surface area (Å²) in [6.07, 6.45) is 0.486. The van der Waals surface area contributed by atoms with Gasteiger partial charge in [0.05, 0.1) is 53.7 Å². The highest BCUT2D eigenvalue weighted by Gasteiger charge is 2.46. The molecule has 1 aliphatic heterocycles. The molecule has 12 heteroatoms. The van der Waals surface area contributed by atoms with Crippen LogP contribution in [-0.2, 0) is 39.9 Å². The van der Waals surface area contributed by atoms with Crippen LogP contribution in [0.3, 0.4) is 0 Å². The molecular formula is C42H69N3O9. The number of rotatable bonds is 23. The van der Waals surface area contributed by atoms with Gasteiger partial charge in [-0.3, -0.25) is 24.0 Å². The monoisotopic (exact) mass is 760 g/mol. The van der Waals surface area contributed by atoms with Gasteiger partial charge in [0.2, 0.25) is 11.8 Å². The van der Waals surface area contributed by atoms with Gasteiger partial charge in [-0.1, -0.05) is 71.4 Å². The second-order valence-corrected chi connectivity index (χ2v) is 16.4. The molecule has 0 radical (unpaired) electrons. The molecule has 9 atom stereocenters. The molecule has 1 aliphatic rings. The highest BCUT2D eigenvalue weighted by molar-refractivity contribution is 5.93. The fraction of sp³-hybridized carbons (Fsp3) is 0.738. The van der Waals surface area contributed by atoms with Crippen LogP contribution in [0.2, 0.25) is 0 Å². The number of likely N-dealkylation sites (N-methyl/N-ethyl adjacent to an activating group) is 2. The third kappa shape index (κ3) is 11.7. The van der Waals surface area contributed by atoms with Crippen LogP contribution in [0.4, 0.5) is 0 Å². The van der Waals surface area contributed by atoms with E-state index in [0.717, 1.165) is 5.56 Å². The Balaban J connectivity index is 2.31. The number of ether oxygens (including phenoxy) is 2. The summed E-state index contributed by atoms with van der Waals surface area (Å²) in [5.41, 5.74) is -1.57. The Morgan fingerprint density at radius 2 is 1.59 bits per heavy atom. The van der Waals surface area contributed by atoms with Gasteiger partial charge >= 0.3 is 5.97 Å². The van der Waals surface area contributed by atoms with Gasteiger partial charge < -0.3 is 34.8 Å². The summed E-state index contributed by atoms with van der Waals surface area (Å²) in [5.74, 6) is -4.83. The van der Waals surface area contributed by atoms with E-state index < -0.39 is 65.1 Å². The van der Waals surface area contributed by atoms with Crippen molar-refractivity contribution in [1.29, 1.82) is 0 Å². The number of methoxy groups -OCH3 is 2. The molecule has 306 valence electrons. The zero-order valence-electron chi connectivity index (χ0n) is 34.9. The molecule has 2 rings (SSSR count). The number of carbonyl (C=O) groups excluding carboxylic acids is 4. The summed E-state index contributed by atoms with van der Waals surface area (Å²) >= 11 is 0. The lowest BCUT2D eigenvalue weighted by Crippen LogP contribution is -2.57. The van der Waals surface area contributed by atoms with E-state index in [2.05, 4.69) is 5.32 Å². The number of aliphatic hydroxyl groups is 1. The fourth-order valence-corrected chi connectivity index (χ4v) is 7.95. The summed E-state index contributed by atoms with van der Waals surface area (Å²) < 4.78 is 11.9. The Kier molecular flexibility index (Phi) is 18.0. The Morgan fingerprint density at radius 1 is 0.981 bits per heavy atom. The van der Waals surface area contributed by atoms with Gasteiger partial charge in [-0.15, -0.1) is 0 Å². The van der Waals surface area contributed by atoms with Gasteiger partial charge in [0, 0.05) is 46.6 Å². The van der Waals surface area contributed by atoms with Crippen molar-refractivity contribution < 1.29 is 43.7 Å². The van der Waals surface area contributed by atoms with E-state index in [9.17, 15) is 34.2 Å². The zero-order valence-corrected chi connectivity index (χ0v) is 34.9. The molecular weight excluding hydrogens is 690 g/mol. The highest BCUT2D eigenvalue weighted by atomic mass is 16.5. The van der Waals surface area contributed by atoms with Gasteiger partial charge in [-0.25, -0.2) is 0 Å². The number of benzene rings is 1. The van der Waals surface area contributed by atoms with Crippen molar-refractivity contribution >= 4 is 29.4 Å². The van der Waals surface area contributed by atoms with Crippen LogP contribution in [0.15, 0.2) is 30.3 Å². The van der Waals surface area contributed by atoms with Gasteiger partial charge in [0.25, 0.3) is 0 Å². The van der Waals surface area contributed by atoms with E-state index in [-0.39, 0.29) is 55.0 Å². The molecule has 1 fully saturated rings. The summed E-state index contributed by atoms with van der Waals surface area (Å²) in [7, 11) is 6.38. The number of carbonyl (C=O) groups is 5. The average molecular weight is 760 g/mol. The number of nitrogens with zero attached hydrogens (tertiary/aromatic N) is 2. The fourth-order valence-electron chi connectivity index (χ4n) is 7.95. The maximum atomic E-state index is 14.3. The van der Waals surface area contributed by atoms with Gasteiger partial charge in [0.1, 0.15) is 5.78 Å². The second kappa shape index (κ2) is 20.6. The van der Waals surface area contributed by atoms with Crippen LogP contribution in [0.1, 0.15) is 99.5 Å². The topological polar surface area (TPSA) is 163 Å². The first-order chi connectivity index (χ1) is 25.2. The number of likely N-dealkylation sites (tertiary alicyclic amines) is 1. The Labute approximate surface area is 323 Å². The molecule has 2 amide bonds. The van der Waals surface area contributed by atoms with Gasteiger partial charge in [-0.05, 0) is 64.5 Å². The molecule has 1 aromatic carbocycles. The molecule has 0 saturated carbocycles. The quantitative estimate of drug-likeness (QED) is 0.142. The average Bonchev–Trinajstić information content (AvgIpc) is 3.61. The standard InChI is InChI=1S/C42H69N3O9/c1-13-27(4)37(44(10)39(49)31(41(6,7)52)24-35(47)42(8,43-9)26(2)3)34(53-11)25-36(48)45-21-17-20-32(45)38(54-12)28(5)33(46)23-30(40(50)51)22-29-18-15-14-16-19-29/h14-16,18-19,26-28,30-32,34,37-38,43,52H,13,17,20-25H2,1-12H3,(H,50,51)/t27-,28-,30+,31+,32-,34+,37-,38+,42?/m0/s1. The SMILES string of the molecule is CC[C@H](C)[C@@H]([C@@H](CC(=O)N1CCC[C@H]1[C@H](OC)[C@@H](C)C(=O)C[C@@H](Cc1ccccc1)C(=O)O)OC)N(C)C(=O)[C@@H](CC(=O)C(C)(NC)C(C)C)C(C)(C)O. The van der Waals surface area contributed by atoms with Gasteiger partial charge in [-0.2, -0.15) is 0 Å². The lowest BCUT2D eigenvalue weighted by molar-refractivity contribution is -0.154. The van der Waals surface area contributed by atoms with Crippen LogP contribution in [0, 0.1) is 29.6 Å². The van der Waals surface area contributed by atoms with E-state index in [1.165, 1.54) is 28.1 Å². The lowest BCUT2D eigenvalue weighted by atomic mass is 9.76. The second-order valence-electron chi connectivity index (χ2n) is 16.4. The normalized spacial score (nSPS) is 20.0. The summed E-state index contributed by atoms with van der Waals surface area (Å²) in [5, 5.41) is 24.3. The molecule has 0 bridgehead atoms. The number of nitrogens with one attached hydrogen (secondary N) is 1.